The van der Waals surface area contributed by atoms with Gasteiger partial charge in [-0.2, -0.15) is 0 Å². The maximum atomic E-state index is 13.5. The van der Waals surface area contributed by atoms with E-state index in [-0.39, 0.29) is 24.6 Å². The molecule has 1 N–H and O–H groups in total. The Bertz CT molecular complexity index is 1220. The molecule has 0 bridgehead atoms. The van der Waals surface area contributed by atoms with Crippen LogP contribution in [0.1, 0.15) is 36.5 Å². The summed E-state index contributed by atoms with van der Waals surface area (Å²) >= 11 is 0. The number of benzene rings is 3. The molecule has 0 aliphatic rings. The molecular formula is C27H32N2O4S. The highest BCUT2D eigenvalue weighted by Gasteiger charge is 2.28. The molecule has 34 heavy (non-hydrogen) atoms. The number of carbonyl (C=O) groups is 1. The average molecular weight is 481 g/mol. The van der Waals surface area contributed by atoms with Crippen LogP contribution in [-0.2, 0) is 14.8 Å². The van der Waals surface area contributed by atoms with Crippen LogP contribution in [0.2, 0.25) is 0 Å². The van der Waals surface area contributed by atoms with Gasteiger partial charge in [0.1, 0.15) is 18.9 Å². The summed E-state index contributed by atoms with van der Waals surface area (Å²) in [6.45, 7) is 8.13. The number of nitrogens with zero attached hydrogens (tertiary/aromatic N) is 1. The van der Waals surface area contributed by atoms with Crippen molar-refractivity contribution in [3.05, 3.63) is 89.5 Å². The lowest BCUT2D eigenvalue weighted by atomic mass is 10.0. The van der Waals surface area contributed by atoms with Crippen molar-refractivity contribution in [1.29, 1.82) is 0 Å². The third-order valence-corrected chi connectivity index (χ3v) is 7.25. The highest BCUT2D eigenvalue weighted by molar-refractivity contribution is 7.92. The van der Waals surface area contributed by atoms with Crippen LogP contribution in [0.4, 0.5) is 5.69 Å². The van der Waals surface area contributed by atoms with Gasteiger partial charge in [-0.25, -0.2) is 8.42 Å². The normalized spacial score (nSPS) is 11.3. The van der Waals surface area contributed by atoms with E-state index in [2.05, 4.69) is 19.2 Å². The van der Waals surface area contributed by atoms with E-state index in [1.807, 2.05) is 50.2 Å². The molecule has 0 saturated carbocycles. The molecule has 6 nitrogen and oxygen atoms in total. The monoisotopic (exact) mass is 480 g/mol. The van der Waals surface area contributed by atoms with Crippen molar-refractivity contribution in [2.45, 2.75) is 38.5 Å². The maximum Gasteiger partial charge on any atom is 0.264 e. The molecule has 0 atom stereocenters. The molecule has 0 heterocycles. The average Bonchev–Trinajstić information content (AvgIpc) is 2.82. The number of anilines is 1. The van der Waals surface area contributed by atoms with Gasteiger partial charge in [0, 0.05) is 0 Å². The molecule has 0 fully saturated rings. The Balaban J connectivity index is 1.73. The van der Waals surface area contributed by atoms with Gasteiger partial charge in [0.25, 0.3) is 10.0 Å². The standard InChI is InChI=1S/C27H32N2O4S/c1-20(2)24-12-8-9-13-26(24)33-17-16-28-27(30)19-29(25-18-21(3)14-15-22(25)4)34(31,32)23-10-6-5-7-11-23/h5-15,18,20H,16-17,19H2,1-4H3,(H,28,30). The lowest BCUT2D eigenvalue weighted by Gasteiger charge is -2.26. The quantitative estimate of drug-likeness (QED) is 0.422. The Morgan fingerprint density at radius 1 is 0.971 bits per heavy atom. The second-order valence-corrected chi connectivity index (χ2v) is 10.4. The van der Waals surface area contributed by atoms with Crippen molar-refractivity contribution in [3.63, 3.8) is 0 Å². The second kappa shape index (κ2) is 11.2. The van der Waals surface area contributed by atoms with Gasteiger partial charge in [0.15, 0.2) is 0 Å². The number of hydrogen-bond donors (Lipinski definition) is 1. The summed E-state index contributed by atoms with van der Waals surface area (Å²) in [6.07, 6.45) is 0. The molecule has 3 aromatic carbocycles. The third kappa shape index (κ3) is 6.17. The molecule has 0 aliphatic carbocycles. The minimum Gasteiger partial charge on any atom is -0.491 e. The molecule has 3 aromatic rings. The van der Waals surface area contributed by atoms with Crippen LogP contribution in [0.5, 0.6) is 5.75 Å². The predicted octanol–water partition coefficient (Wildman–Crippen LogP) is 4.82. The first-order valence-corrected chi connectivity index (χ1v) is 12.8. The van der Waals surface area contributed by atoms with Gasteiger partial charge in [-0.1, -0.05) is 62.4 Å². The van der Waals surface area contributed by atoms with Gasteiger partial charge in [-0.05, 0) is 60.7 Å². The van der Waals surface area contributed by atoms with Crippen molar-refractivity contribution in [3.8, 4) is 5.75 Å². The minimum absolute atomic E-state index is 0.136. The zero-order valence-electron chi connectivity index (χ0n) is 20.1. The zero-order valence-corrected chi connectivity index (χ0v) is 20.9. The first-order valence-electron chi connectivity index (χ1n) is 11.3. The van der Waals surface area contributed by atoms with Crippen molar-refractivity contribution < 1.29 is 17.9 Å². The summed E-state index contributed by atoms with van der Waals surface area (Å²) in [5.74, 6) is 0.705. The largest absolute Gasteiger partial charge is 0.491 e. The fourth-order valence-electron chi connectivity index (χ4n) is 3.63. The van der Waals surface area contributed by atoms with Crippen molar-refractivity contribution in [2.24, 2.45) is 0 Å². The van der Waals surface area contributed by atoms with Crippen LogP contribution in [0, 0.1) is 13.8 Å². The number of amides is 1. The summed E-state index contributed by atoms with van der Waals surface area (Å²) in [4.78, 5) is 13.0. The Kier molecular flexibility index (Phi) is 8.34. The number of aryl methyl sites for hydroxylation is 2. The number of nitrogens with one attached hydrogen (secondary N) is 1. The molecule has 0 unspecified atom stereocenters. The highest BCUT2D eigenvalue weighted by atomic mass is 32.2. The van der Waals surface area contributed by atoms with Crippen LogP contribution >= 0.6 is 0 Å². The lowest BCUT2D eigenvalue weighted by Crippen LogP contribution is -2.42. The van der Waals surface area contributed by atoms with E-state index in [4.69, 9.17) is 4.74 Å². The van der Waals surface area contributed by atoms with Crippen LogP contribution in [0.15, 0.2) is 77.7 Å². The molecule has 7 heteroatoms. The number of carbonyl (C=O) groups excluding carboxylic acids is 1. The van der Waals surface area contributed by atoms with E-state index in [1.165, 1.54) is 16.4 Å². The van der Waals surface area contributed by atoms with E-state index in [0.717, 1.165) is 22.4 Å². The molecule has 3 rings (SSSR count). The Morgan fingerprint density at radius 3 is 2.35 bits per heavy atom. The number of para-hydroxylation sites is 1. The van der Waals surface area contributed by atoms with Crippen molar-refractivity contribution in [2.75, 3.05) is 24.0 Å². The van der Waals surface area contributed by atoms with E-state index in [9.17, 15) is 13.2 Å². The summed E-state index contributed by atoms with van der Waals surface area (Å²) in [6, 6.07) is 21.5. The highest BCUT2D eigenvalue weighted by Crippen LogP contribution is 2.28. The maximum absolute atomic E-state index is 13.5. The van der Waals surface area contributed by atoms with Gasteiger partial charge in [0.05, 0.1) is 17.1 Å². The number of rotatable bonds is 10. The molecule has 0 aliphatic heterocycles. The van der Waals surface area contributed by atoms with Crippen molar-refractivity contribution in [1.82, 2.24) is 5.32 Å². The summed E-state index contributed by atoms with van der Waals surface area (Å²) < 4.78 is 34.0. The molecule has 1 amide bonds. The summed E-state index contributed by atoms with van der Waals surface area (Å²) in [7, 11) is -3.94. The topological polar surface area (TPSA) is 75.7 Å². The van der Waals surface area contributed by atoms with Gasteiger partial charge < -0.3 is 10.1 Å². The summed E-state index contributed by atoms with van der Waals surface area (Å²) in [5.41, 5.74) is 3.27. The van der Waals surface area contributed by atoms with Crippen LogP contribution in [0.3, 0.4) is 0 Å². The Labute approximate surface area is 202 Å². The van der Waals surface area contributed by atoms with E-state index < -0.39 is 15.9 Å². The first kappa shape index (κ1) is 25.3. The molecule has 0 aromatic heterocycles. The molecule has 180 valence electrons. The van der Waals surface area contributed by atoms with E-state index in [0.29, 0.717) is 11.6 Å². The van der Waals surface area contributed by atoms with Gasteiger partial charge in [-0.3, -0.25) is 9.10 Å². The second-order valence-electron chi connectivity index (χ2n) is 8.51. The molecule has 0 saturated heterocycles. The lowest BCUT2D eigenvalue weighted by molar-refractivity contribution is -0.119. The van der Waals surface area contributed by atoms with Crippen LogP contribution in [-0.4, -0.2) is 34.0 Å². The Morgan fingerprint density at radius 2 is 1.65 bits per heavy atom. The first-order chi connectivity index (χ1) is 16.2. The predicted molar refractivity (Wildman–Crippen MR) is 136 cm³/mol. The molecular weight excluding hydrogens is 448 g/mol. The zero-order chi connectivity index (χ0) is 24.7. The number of hydrogen-bond acceptors (Lipinski definition) is 4. The SMILES string of the molecule is Cc1ccc(C)c(N(CC(=O)NCCOc2ccccc2C(C)C)S(=O)(=O)c2ccccc2)c1. The van der Waals surface area contributed by atoms with Gasteiger partial charge in [-0.15, -0.1) is 0 Å². The van der Waals surface area contributed by atoms with Gasteiger partial charge >= 0.3 is 0 Å². The number of ether oxygens (including phenoxy) is 1. The third-order valence-electron chi connectivity index (χ3n) is 5.47. The smallest absolute Gasteiger partial charge is 0.264 e. The van der Waals surface area contributed by atoms with Gasteiger partial charge in [0.2, 0.25) is 5.91 Å². The molecule has 0 spiro atoms. The Hall–Kier alpha value is -3.32. The summed E-state index contributed by atoms with van der Waals surface area (Å²) in [5, 5.41) is 2.79. The number of sulfonamides is 1. The minimum atomic E-state index is -3.94. The van der Waals surface area contributed by atoms with Crippen molar-refractivity contribution >= 4 is 21.6 Å². The van der Waals surface area contributed by atoms with Crippen LogP contribution in [0.25, 0.3) is 0 Å². The van der Waals surface area contributed by atoms with Crippen LogP contribution < -0.4 is 14.4 Å². The van der Waals surface area contributed by atoms with E-state index >= 15 is 0 Å². The van der Waals surface area contributed by atoms with E-state index in [1.54, 1.807) is 24.3 Å². The fourth-order valence-corrected chi connectivity index (χ4v) is 5.13. The fraction of sp³-hybridized carbons (Fsp3) is 0.296. The molecule has 0 radical (unpaired) electrons.